The average Bonchev–Trinajstić information content (AvgIpc) is 2.48. The summed E-state index contributed by atoms with van der Waals surface area (Å²) in [6, 6.07) is 7.55. The van der Waals surface area contributed by atoms with Crippen molar-refractivity contribution in [1.82, 2.24) is 9.24 Å². The molecule has 0 radical (unpaired) electrons. The highest BCUT2D eigenvalue weighted by Crippen LogP contribution is 2.15. The highest BCUT2D eigenvalue weighted by molar-refractivity contribution is 9.08. The van der Waals surface area contributed by atoms with Crippen LogP contribution in [0.2, 0.25) is 0 Å². The first-order valence-corrected chi connectivity index (χ1v) is 7.12. The Hall–Kier alpha value is -1.69. The number of benzene rings is 1. The summed E-state index contributed by atoms with van der Waals surface area (Å²) in [6.45, 7) is 3.75. The largest absolute Gasteiger partial charge is 0.341 e. The minimum atomic E-state index is -0.782. The first kappa shape index (κ1) is 16.4. The van der Waals surface area contributed by atoms with Crippen LogP contribution in [-0.4, -0.2) is 21.8 Å². The van der Waals surface area contributed by atoms with Crippen molar-refractivity contribution in [3.63, 3.8) is 0 Å². The zero-order valence-corrected chi connectivity index (χ0v) is 13.0. The van der Waals surface area contributed by atoms with Crippen molar-refractivity contribution in [3.8, 4) is 0 Å². The van der Waals surface area contributed by atoms with Gasteiger partial charge < -0.3 is 0 Å². The van der Waals surface area contributed by atoms with E-state index in [2.05, 4.69) is 21.5 Å². The van der Waals surface area contributed by atoms with Crippen LogP contribution >= 0.6 is 16.1 Å². The molecule has 6 heteroatoms. The molecular weight excluding hydrogens is 324 g/mol. The number of carbonyl (C=O) groups excluding carboxylic acids is 3. The Morgan fingerprint density at radius 3 is 2.20 bits per heavy atom. The van der Waals surface area contributed by atoms with E-state index in [4.69, 9.17) is 0 Å². The van der Waals surface area contributed by atoms with Gasteiger partial charge in [-0.15, -0.1) is 0 Å². The van der Waals surface area contributed by atoms with E-state index in [-0.39, 0.29) is 11.8 Å². The van der Waals surface area contributed by atoms with Crippen LogP contribution in [0.3, 0.4) is 0 Å². The number of amides is 4. The first-order valence-electron chi connectivity index (χ1n) is 6.41. The molecule has 0 saturated carbocycles. The predicted molar refractivity (Wildman–Crippen MR) is 79.1 cm³/mol. The molecule has 0 heterocycles. The Balaban J connectivity index is 2.67. The fourth-order valence-corrected chi connectivity index (χ4v) is 2.08. The average molecular weight is 341 g/mol. The summed E-state index contributed by atoms with van der Waals surface area (Å²) in [4.78, 5) is 35.6. The first-order chi connectivity index (χ1) is 9.51. The fraction of sp³-hybridized carbons (Fsp3) is 0.357. The number of rotatable bonds is 4. The van der Waals surface area contributed by atoms with Gasteiger partial charge in [0.2, 0.25) is 5.91 Å². The second-order valence-electron chi connectivity index (χ2n) is 4.26. The zero-order chi connectivity index (χ0) is 15.1. The Labute approximate surface area is 126 Å². The molecule has 0 aliphatic heterocycles. The van der Waals surface area contributed by atoms with Gasteiger partial charge in [0.15, 0.2) is 0 Å². The van der Waals surface area contributed by atoms with Crippen molar-refractivity contribution in [2.24, 2.45) is 5.92 Å². The molecule has 0 aromatic heterocycles. The number of nitrogens with zero attached hydrogens (tertiary/aromatic N) is 1. The number of hydrogen-bond donors (Lipinski definition) is 1. The van der Waals surface area contributed by atoms with E-state index in [1.165, 1.54) is 0 Å². The number of carbonyl (C=O) groups is 3. The molecule has 1 aromatic carbocycles. The standard InChI is InChI=1S/C14H17BrN2O3/c1-3-10(4-2)13(19)17(15)14(20)16-12(18)11-8-6-5-7-9-11/h5-10H,3-4H2,1-2H3,(H,16,18,20). The van der Waals surface area contributed by atoms with Crippen LogP contribution in [0, 0.1) is 5.92 Å². The van der Waals surface area contributed by atoms with E-state index in [0.29, 0.717) is 18.4 Å². The molecule has 20 heavy (non-hydrogen) atoms. The van der Waals surface area contributed by atoms with Crippen LogP contribution in [-0.2, 0) is 4.79 Å². The summed E-state index contributed by atoms with van der Waals surface area (Å²) in [7, 11) is 0. The van der Waals surface area contributed by atoms with Gasteiger partial charge in [-0.3, -0.25) is 14.9 Å². The van der Waals surface area contributed by atoms with Crippen LogP contribution in [0.4, 0.5) is 4.79 Å². The van der Waals surface area contributed by atoms with E-state index in [0.717, 1.165) is 3.93 Å². The predicted octanol–water partition coefficient (Wildman–Crippen LogP) is 3.11. The number of urea groups is 1. The lowest BCUT2D eigenvalue weighted by molar-refractivity contribution is -0.128. The summed E-state index contributed by atoms with van der Waals surface area (Å²) in [5.74, 6) is -1.14. The summed E-state index contributed by atoms with van der Waals surface area (Å²) >= 11 is 2.91. The molecule has 0 unspecified atom stereocenters. The maximum absolute atomic E-state index is 12.0. The highest BCUT2D eigenvalue weighted by atomic mass is 79.9. The summed E-state index contributed by atoms with van der Waals surface area (Å²) in [6.07, 6.45) is 1.27. The third kappa shape index (κ3) is 4.16. The summed E-state index contributed by atoms with van der Waals surface area (Å²) < 4.78 is 0.783. The molecule has 1 rings (SSSR count). The lowest BCUT2D eigenvalue weighted by Crippen LogP contribution is -2.42. The Bertz CT molecular complexity index is 486. The zero-order valence-electron chi connectivity index (χ0n) is 11.4. The smallest absolute Gasteiger partial charge is 0.273 e. The molecule has 0 fully saturated rings. The van der Waals surface area contributed by atoms with Gasteiger partial charge in [0.25, 0.3) is 5.91 Å². The Morgan fingerprint density at radius 1 is 1.15 bits per heavy atom. The third-order valence-electron chi connectivity index (χ3n) is 2.96. The molecule has 4 amide bonds. The van der Waals surface area contributed by atoms with Crippen LogP contribution < -0.4 is 5.32 Å². The Morgan fingerprint density at radius 2 is 1.70 bits per heavy atom. The molecule has 0 bridgehead atoms. The van der Waals surface area contributed by atoms with E-state index in [1.54, 1.807) is 30.3 Å². The van der Waals surface area contributed by atoms with Crippen molar-refractivity contribution in [1.29, 1.82) is 0 Å². The maximum atomic E-state index is 12.0. The van der Waals surface area contributed by atoms with Crippen molar-refractivity contribution in [2.75, 3.05) is 0 Å². The van der Waals surface area contributed by atoms with Crippen molar-refractivity contribution in [2.45, 2.75) is 26.7 Å². The van der Waals surface area contributed by atoms with Gasteiger partial charge in [-0.1, -0.05) is 32.0 Å². The molecule has 0 atom stereocenters. The van der Waals surface area contributed by atoms with Gasteiger partial charge in [0.1, 0.15) is 0 Å². The van der Waals surface area contributed by atoms with Gasteiger partial charge in [0.05, 0.1) is 16.1 Å². The fourth-order valence-electron chi connectivity index (χ4n) is 1.71. The molecule has 5 nitrogen and oxygen atoms in total. The molecule has 0 spiro atoms. The van der Waals surface area contributed by atoms with E-state index in [9.17, 15) is 14.4 Å². The van der Waals surface area contributed by atoms with Gasteiger partial charge >= 0.3 is 6.03 Å². The van der Waals surface area contributed by atoms with E-state index >= 15 is 0 Å². The van der Waals surface area contributed by atoms with E-state index < -0.39 is 11.9 Å². The highest BCUT2D eigenvalue weighted by Gasteiger charge is 2.26. The maximum Gasteiger partial charge on any atom is 0.341 e. The number of imide groups is 2. The number of halogens is 1. The van der Waals surface area contributed by atoms with E-state index in [1.807, 2.05) is 13.8 Å². The summed E-state index contributed by atoms with van der Waals surface area (Å²) in [5.41, 5.74) is 0.358. The molecule has 1 N–H and O–H groups in total. The second kappa shape index (κ2) is 7.79. The monoisotopic (exact) mass is 340 g/mol. The number of nitrogens with one attached hydrogen (secondary N) is 1. The van der Waals surface area contributed by atoms with Crippen molar-refractivity contribution >= 4 is 34.0 Å². The third-order valence-corrected chi connectivity index (χ3v) is 3.63. The van der Waals surface area contributed by atoms with Gasteiger partial charge in [-0.2, -0.15) is 3.93 Å². The molecular formula is C14H17BrN2O3. The normalized spacial score (nSPS) is 10.2. The van der Waals surface area contributed by atoms with Gasteiger partial charge in [-0.25, -0.2) is 4.79 Å². The van der Waals surface area contributed by atoms with Crippen LogP contribution in [0.25, 0.3) is 0 Å². The lowest BCUT2D eigenvalue weighted by atomic mass is 10.0. The minimum absolute atomic E-state index is 0.244. The van der Waals surface area contributed by atoms with Crippen LogP contribution in [0.5, 0.6) is 0 Å². The van der Waals surface area contributed by atoms with Crippen LogP contribution in [0.1, 0.15) is 37.0 Å². The topological polar surface area (TPSA) is 66.5 Å². The molecule has 0 aliphatic rings. The Kier molecular flexibility index (Phi) is 6.38. The molecule has 1 aromatic rings. The van der Waals surface area contributed by atoms with Gasteiger partial charge in [-0.05, 0) is 25.0 Å². The SMILES string of the molecule is CCC(CC)C(=O)N(Br)C(=O)NC(=O)c1ccccc1. The second-order valence-corrected chi connectivity index (χ2v) is 4.97. The van der Waals surface area contributed by atoms with Crippen molar-refractivity contribution < 1.29 is 14.4 Å². The summed E-state index contributed by atoms with van der Waals surface area (Å²) in [5, 5.41) is 2.16. The van der Waals surface area contributed by atoms with Gasteiger partial charge in [0, 0.05) is 11.5 Å². The lowest BCUT2D eigenvalue weighted by Gasteiger charge is -2.18. The number of hydrogen-bond acceptors (Lipinski definition) is 3. The minimum Gasteiger partial charge on any atom is -0.273 e. The molecule has 108 valence electrons. The quantitative estimate of drug-likeness (QED) is 0.856. The molecule has 0 saturated heterocycles. The molecule has 0 aliphatic carbocycles. The van der Waals surface area contributed by atoms with Crippen LogP contribution in [0.15, 0.2) is 30.3 Å². The van der Waals surface area contributed by atoms with Crippen molar-refractivity contribution in [3.05, 3.63) is 35.9 Å².